The highest BCUT2D eigenvalue weighted by molar-refractivity contribution is 9.10. The van der Waals surface area contributed by atoms with Gasteiger partial charge in [-0.2, -0.15) is 5.10 Å². The van der Waals surface area contributed by atoms with Crippen LogP contribution in [-0.4, -0.2) is 22.9 Å². The molecule has 5 nitrogen and oxygen atoms in total. The topological polar surface area (TPSA) is 61.2 Å². The third-order valence-corrected chi connectivity index (χ3v) is 3.08. The first-order chi connectivity index (χ1) is 8.36. The van der Waals surface area contributed by atoms with Gasteiger partial charge in [0, 0.05) is 0 Å². The number of rotatable bonds is 4. The van der Waals surface area contributed by atoms with Crippen LogP contribution in [0.4, 0.5) is 0 Å². The van der Waals surface area contributed by atoms with Gasteiger partial charge < -0.3 is 4.74 Å². The first-order valence-corrected chi connectivity index (χ1v) is 6.56. The molecule has 0 aliphatic rings. The van der Waals surface area contributed by atoms with E-state index in [1.165, 1.54) is 13.2 Å². The maximum Gasteiger partial charge on any atom is 0.330 e. The van der Waals surface area contributed by atoms with Gasteiger partial charge in [-0.25, -0.2) is 9.48 Å². The number of hydrogen-bond donors (Lipinski definition) is 0. The minimum absolute atomic E-state index is 0.138. The van der Waals surface area contributed by atoms with Crippen molar-refractivity contribution in [3.63, 3.8) is 0 Å². The van der Waals surface area contributed by atoms with Crippen LogP contribution in [0.1, 0.15) is 26.3 Å². The molecule has 0 bridgehead atoms. The van der Waals surface area contributed by atoms with Gasteiger partial charge >= 0.3 is 5.97 Å². The van der Waals surface area contributed by atoms with Crippen molar-refractivity contribution >= 4 is 33.5 Å². The Balaban J connectivity index is 3.28. The molecule has 1 aromatic heterocycles. The zero-order chi connectivity index (χ0) is 13.9. The second kappa shape index (κ2) is 6.33. The highest BCUT2D eigenvalue weighted by Crippen LogP contribution is 2.19. The summed E-state index contributed by atoms with van der Waals surface area (Å²) in [6.45, 7) is 3.89. The molecular formula is C11H14BrClN2O3. The monoisotopic (exact) mass is 336 g/mol. The van der Waals surface area contributed by atoms with Crippen LogP contribution in [0.25, 0.3) is 0 Å². The fourth-order valence-electron chi connectivity index (χ4n) is 1.54. The molecule has 7 heteroatoms. The van der Waals surface area contributed by atoms with E-state index in [-0.39, 0.29) is 15.5 Å². The summed E-state index contributed by atoms with van der Waals surface area (Å²) in [5.74, 6) is -0.298. The second-order valence-corrected chi connectivity index (χ2v) is 5.47. The van der Waals surface area contributed by atoms with E-state index in [0.717, 1.165) is 4.68 Å². The van der Waals surface area contributed by atoms with Crippen LogP contribution < -0.4 is 5.56 Å². The predicted octanol–water partition coefficient (Wildman–Crippen LogP) is 2.42. The fraction of sp³-hybridized carbons (Fsp3) is 0.545. The fourth-order valence-corrected chi connectivity index (χ4v) is 2.26. The number of methoxy groups -OCH3 is 1. The van der Waals surface area contributed by atoms with Gasteiger partial charge in [-0.3, -0.25) is 4.79 Å². The number of halogens is 2. The van der Waals surface area contributed by atoms with E-state index in [0.29, 0.717) is 6.42 Å². The molecule has 0 saturated heterocycles. The maximum absolute atomic E-state index is 12.0. The molecule has 0 fully saturated rings. The summed E-state index contributed by atoms with van der Waals surface area (Å²) >= 11 is 8.89. The van der Waals surface area contributed by atoms with Crippen molar-refractivity contribution in [2.45, 2.75) is 26.3 Å². The lowest BCUT2D eigenvalue weighted by Crippen LogP contribution is -2.34. The van der Waals surface area contributed by atoms with Gasteiger partial charge in [0.05, 0.1) is 11.6 Å². The highest BCUT2D eigenvalue weighted by Gasteiger charge is 2.25. The van der Waals surface area contributed by atoms with Crippen molar-refractivity contribution in [1.29, 1.82) is 0 Å². The number of hydrogen-bond acceptors (Lipinski definition) is 4. The molecule has 0 aliphatic carbocycles. The first kappa shape index (κ1) is 15.2. The van der Waals surface area contributed by atoms with E-state index in [4.69, 9.17) is 16.3 Å². The zero-order valence-electron chi connectivity index (χ0n) is 10.3. The van der Waals surface area contributed by atoms with Crippen LogP contribution in [-0.2, 0) is 9.53 Å². The summed E-state index contributed by atoms with van der Waals surface area (Å²) in [6.07, 6.45) is 0.451. The van der Waals surface area contributed by atoms with Gasteiger partial charge in [-0.15, -0.1) is 0 Å². The molecule has 0 spiro atoms. The van der Waals surface area contributed by atoms with Crippen LogP contribution >= 0.6 is 27.5 Å². The van der Waals surface area contributed by atoms with E-state index in [2.05, 4.69) is 21.0 Å². The van der Waals surface area contributed by atoms with Gasteiger partial charge in [0.1, 0.15) is 0 Å². The molecule has 0 amide bonds. The van der Waals surface area contributed by atoms with Crippen molar-refractivity contribution < 1.29 is 9.53 Å². The quantitative estimate of drug-likeness (QED) is 0.792. The highest BCUT2D eigenvalue weighted by atomic mass is 79.9. The Bertz CT molecular complexity index is 502. The van der Waals surface area contributed by atoms with Crippen LogP contribution in [0.2, 0.25) is 5.15 Å². The Kier molecular flexibility index (Phi) is 5.34. The van der Waals surface area contributed by atoms with Crippen molar-refractivity contribution in [2.24, 2.45) is 5.92 Å². The van der Waals surface area contributed by atoms with Crippen molar-refractivity contribution in [2.75, 3.05) is 7.11 Å². The van der Waals surface area contributed by atoms with E-state index in [9.17, 15) is 9.59 Å². The summed E-state index contributed by atoms with van der Waals surface area (Å²) in [7, 11) is 1.28. The summed E-state index contributed by atoms with van der Waals surface area (Å²) < 4.78 is 6.04. The standard InChI is InChI=1S/C11H14BrClN2O3/c1-6(2)4-8(11(17)18-3)15-10(16)7(12)5-9(13)14-15/h5-6,8H,4H2,1-3H3/t8-/m0/s1. The van der Waals surface area contributed by atoms with E-state index in [1.54, 1.807) is 0 Å². The molecule has 1 rings (SSSR count). The van der Waals surface area contributed by atoms with E-state index < -0.39 is 17.6 Å². The van der Waals surface area contributed by atoms with Crippen molar-refractivity contribution in [3.8, 4) is 0 Å². The summed E-state index contributed by atoms with van der Waals surface area (Å²) in [6, 6.07) is 0.627. The number of carbonyl (C=O) groups excluding carboxylic acids is 1. The second-order valence-electron chi connectivity index (χ2n) is 4.23. The van der Waals surface area contributed by atoms with Gasteiger partial charge in [-0.1, -0.05) is 25.4 Å². The number of nitrogens with zero attached hydrogens (tertiary/aromatic N) is 2. The normalized spacial score (nSPS) is 12.6. The molecule has 0 N–H and O–H groups in total. The lowest BCUT2D eigenvalue weighted by atomic mass is 10.0. The van der Waals surface area contributed by atoms with Crippen LogP contribution in [0.5, 0.6) is 0 Å². The van der Waals surface area contributed by atoms with Gasteiger partial charge in [-0.05, 0) is 34.3 Å². The zero-order valence-corrected chi connectivity index (χ0v) is 12.7. The molecule has 0 unspecified atom stereocenters. The average Bonchev–Trinajstić information content (AvgIpc) is 2.29. The SMILES string of the molecule is COC(=O)[C@H](CC(C)C)n1nc(Cl)cc(Br)c1=O. The molecule has 100 valence electrons. The minimum atomic E-state index is -0.766. The third-order valence-electron chi connectivity index (χ3n) is 2.32. The molecule has 0 saturated carbocycles. The Morgan fingerprint density at radius 3 is 2.72 bits per heavy atom. The number of esters is 1. The Morgan fingerprint density at radius 2 is 2.22 bits per heavy atom. The lowest BCUT2D eigenvalue weighted by Gasteiger charge is -2.18. The number of ether oxygens (including phenoxy) is 1. The van der Waals surface area contributed by atoms with Crippen LogP contribution in [0.15, 0.2) is 15.3 Å². The van der Waals surface area contributed by atoms with E-state index in [1.807, 2.05) is 13.8 Å². The summed E-state index contributed by atoms with van der Waals surface area (Å²) in [5.41, 5.74) is -0.407. The van der Waals surface area contributed by atoms with Crippen molar-refractivity contribution in [3.05, 3.63) is 26.0 Å². The molecule has 0 aromatic carbocycles. The van der Waals surface area contributed by atoms with Gasteiger partial charge in [0.25, 0.3) is 5.56 Å². The molecule has 18 heavy (non-hydrogen) atoms. The lowest BCUT2D eigenvalue weighted by molar-refractivity contribution is -0.145. The average molecular weight is 338 g/mol. The molecular weight excluding hydrogens is 323 g/mol. The maximum atomic E-state index is 12.0. The smallest absolute Gasteiger partial charge is 0.330 e. The Hall–Kier alpha value is -0.880. The molecule has 1 aromatic rings. The molecule has 0 radical (unpaired) electrons. The molecule has 1 atom stereocenters. The summed E-state index contributed by atoms with van der Waals surface area (Å²) in [4.78, 5) is 23.7. The van der Waals surface area contributed by atoms with Crippen molar-refractivity contribution in [1.82, 2.24) is 9.78 Å². The largest absolute Gasteiger partial charge is 0.467 e. The number of carbonyl (C=O) groups is 1. The first-order valence-electron chi connectivity index (χ1n) is 5.39. The summed E-state index contributed by atoms with van der Waals surface area (Å²) in [5, 5.41) is 4.03. The Morgan fingerprint density at radius 1 is 1.61 bits per heavy atom. The molecule has 1 heterocycles. The molecule has 0 aliphatic heterocycles. The van der Waals surface area contributed by atoms with Crippen LogP contribution in [0.3, 0.4) is 0 Å². The van der Waals surface area contributed by atoms with E-state index >= 15 is 0 Å². The predicted molar refractivity (Wildman–Crippen MR) is 71.7 cm³/mol. The van der Waals surface area contributed by atoms with Crippen LogP contribution in [0, 0.1) is 5.92 Å². The van der Waals surface area contributed by atoms with Gasteiger partial charge in [0.15, 0.2) is 11.2 Å². The number of aromatic nitrogens is 2. The third kappa shape index (κ3) is 3.55. The Labute approximate surface area is 118 Å². The minimum Gasteiger partial charge on any atom is -0.467 e. The van der Waals surface area contributed by atoms with Gasteiger partial charge in [0.2, 0.25) is 0 Å².